The maximum atomic E-state index is 12.1. The molecule has 134 valence electrons. The van der Waals surface area contributed by atoms with Crippen molar-refractivity contribution in [2.75, 3.05) is 19.5 Å². The molecule has 8 heteroatoms. The first-order valence-corrected chi connectivity index (χ1v) is 9.32. The number of methoxy groups -OCH3 is 1. The Balaban J connectivity index is 2.81. The number of rotatable bonds is 10. The van der Waals surface area contributed by atoms with E-state index in [0.717, 1.165) is 6.42 Å². The minimum atomic E-state index is -3.46. The molecule has 0 aliphatic rings. The Bertz CT molecular complexity index is 654. The molecule has 0 spiro atoms. The summed E-state index contributed by atoms with van der Waals surface area (Å²) in [6.07, 6.45) is 1.86. The monoisotopic (exact) mass is 357 g/mol. The second-order valence-corrected chi connectivity index (χ2v) is 7.45. The maximum Gasteiger partial charge on any atom is 0.326 e. The van der Waals surface area contributed by atoms with Crippen molar-refractivity contribution < 1.29 is 27.9 Å². The number of amides is 1. The Hall–Kier alpha value is -1.93. The molecule has 1 aromatic rings. The lowest BCUT2D eigenvalue weighted by molar-refractivity contribution is -0.139. The second kappa shape index (κ2) is 9.39. The average molecular weight is 357 g/mol. The number of carbonyl (C=O) groups is 2. The van der Waals surface area contributed by atoms with E-state index in [2.05, 4.69) is 5.32 Å². The number of carboxylic acids is 1. The molecule has 0 aromatic heterocycles. The number of nitrogens with one attached hydrogen (secondary N) is 1. The molecule has 7 nitrogen and oxygen atoms in total. The first-order chi connectivity index (χ1) is 11.3. The van der Waals surface area contributed by atoms with Crippen LogP contribution in [0.1, 0.15) is 36.5 Å². The molecule has 1 amide bonds. The van der Waals surface area contributed by atoms with Gasteiger partial charge in [-0.15, -0.1) is 0 Å². The predicted molar refractivity (Wildman–Crippen MR) is 88.8 cm³/mol. The zero-order valence-electron chi connectivity index (χ0n) is 13.8. The number of ether oxygens (including phenoxy) is 1. The SMILES string of the molecule is CCCCC(NC(=O)c1ccc(S(=O)(=O)CCOC)cc1)C(=O)O. The van der Waals surface area contributed by atoms with Crippen LogP contribution in [0.15, 0.2) is 29.2 Å². The fraction of sp³-hybridized carbons (Fsp3) is 0.500. The van der Waals surface area contributed by atoms with Gasteiger partial charge in [-0.2, -0.15) is 0 Å². The fourth-order valence-corrected chi connectivity index (χ4v) is 3.20. The summed E-state index contributed by atoms with van der Waals surface area (Å²) in [4.78, 5) is 23.4. The van der Waals surface area contributed by atoms with Crippen molar-refractivity contribution in [3.63, 3.8) is 0 Å². The molecule has 0 aliphatic carbocycles. The van der Waals surface area contributed by atoms with Crippen molar-refractivity contribution in [2.24, 2.45) is 0 Å². The molecule has 0 aliphatic heterocycles. The number of hydrogen-bond donors (Lipinski definition) is 2. The van der Waals surface area contributed by atoms with Crippen LogP contribution in [0.3, 0.4) is 0 Å². The summed E-state index contributed by atoms with van der Waals surface area (Å²) < 4.78 is 28.8. The topological polar surface area (TPSA) is 110 Å². The third-order valence-electron chi connectivity index (χ3n) is 3.48. The highest BCUT2D eigenvalue weighted by Crippen LogP contribution is 2.13. The van der Waals surface area contributed by atoms with Crippen molar-refractivity contribution >= 4 is 21.7 Å². The van der Waals surface area contributed by atoms with E-state index in [1.807, 2.05) is 6.92 Å². The van der Waals surface area contributed by atoms with Gasteiger partial charge in [-0.25, -0.2) is 13.2 Å². The summed E-state index contributed by atoms with van der Waals surface area (Å²) in [6.45, 7) is 2.02. The third kappa shape index (κ3) is 5.93. The summed E-state index contributed by atoms with van der Waals surface area (Å²) in [5.41, 5.74) is 0.212. The lowest BCUT2D eigenvalue weighted by Gasteiger charge is -2.14. The van der Waals surface area contributed by atoms with Crippen LogP contribution < -0.4 is 5.32 Å². The largest absolute Gasteiger partial charge is 0.480 e. The van der Waals surface area contributed by atoms with E-state index in [-0.39, 0.29) is 22.8 Å². The summed E-state index contributed by atoms with van der Waals surface area (Å²) in [5.74, 6) is -1.78. The molecule has 24 heavy (non-hydrogen) atoms. The molecule has 0 saturated heterocycles. The van der Waals surface area contributed by atoms with Gasteiger partial charge in [0.25, 0.3) is 5.91 Å². The number of benzene rings is 1. The highest BCUT2D eigenvalue weighted by atomic mass is 32.2. The van der Waals surface area contributed by atoms with E-state index >= 15 is 0 Å². The molecular weight excluding hydrogens is 334 g/mol. The molecule has 0 fully saturated rings. The summed E-state index contributed by atoms with van der Waals surface area (Å²) >= 11 is 0. The minimum Gasteiger partial charge on any atom is -0.480 e. The Kier molecular flexibility index (Phi) is 7.87. The van der Waals surface area contributed by atoms with E-state index in [1.165, 1.54) is 31.4 Å². The van der Waals surface area contributed by atoms with E-state index in [1.54, 1.807) is 0 Å². The van der Waals surface area contributed by atoms with Crippen LogP contribution in [-0.2, 0) is 19.4 Å². The lowest BCUT2D eigenvalue weighted by atomic mass is 10.1. The third-order valence-corrected chi connectivity index (χ3v) is 5.18. The van der Waals surface area contributed by atoms with Gasteiger partial charge in [-0.05, 0) is 30.7 Å². The quantitative estimate of drug-likeness (QED) is 0.656. The number of hydrogen-bond acceptors (Lipinski definition) is 5. The maximum absolute atomic E-state index is 12.1. The van der Waals surface area contributed by atoms with Crippen LogP contribution in [0.25, 0.3) is 0 Å². The van der Waals surface area contributed by atoms with E-state index in [4.69, 9.17) is 9.84 Å². The molecule has 1 rings (SSSR count). The molecule has 1 atom stereocenters. The van der Waals surface area contributed by atoms with Gasteiger partial charge < -0.3 is 15.2 Å². The predicted octanol–water partition coefficient (Wildman–Crippen LogP) is 1.48. The van der Waals surface area contributed by atoms with Crippen LogP contribution in [-0.4, -0.2) is 50.9 Å². The highest BCUT2D eigenvalue weighted by molar-refractivity contribution is 7.91. The molecule has 0 radical (unpaired) electrons. The van der Waals surface area contributed by atoms with E-state index in [0.29, 0.717) is 12.8 Å². The normalized spacial score (nSPS) is 12.6. The van der Waals surface area contributed by atoms with E-state index < -0.39 is 27.8 Å². The van der Waals surface area contributed by atoms with Gasteiger partial charge in [0.2, 0.25) is 0 Å². The molecule has 2 N–H and O–H groups in total. The van der Waals surface area contributed by atoms with Crippen LogP contribution in [0.5, 0.6) is 0 Å². The second-order valence-electron chi connectivity index (χ2n) is 5.34. The molecular formula is C16H23NO6S. The van der Waals surface area contributed by atoms with Crippen molar-refractivity contribution in [1.29, 1.82) is 0 Å². The highest BCUT2D eigenvalue weighted by Gasteiger charge is 2.20. The van der Waals surface area contributed by atoms with Gasteiger partial charge in [0, 0.05) is 12.7 Å². The summed E-state index contributed by atoms with van der Waals surface area (Å²) in [5, 5.41) is 11.6. The summed E-state index contributed by atoms with van der Waals surface area (Å²) in [7, 11) is -2.05. The lowest BCUT2D eigenvalue weighted by Crippen LogP contribution is -2.40. The van der Waals surface area contributed by atoms with Gasteiger partial charge in [0.15, 0.2) is 9.84 Å². The molecule has 0 saturated carbocycles. The molecule has 1 unspecified atom stereocenters. The fourth-order valence-electron chi connectivity index (χ4n) is 2.03. The Morgan fingerprint density at radius 2 is 1.88 bits per heavy atom. The zero-order valence-corrected chi connectivity index (χ0v) is 14.6. The van der Waals surface area contributed by atoms with Crippen LogP contribution in [0.4, 0.5) is 0 Å². The Labute approximate surface area is 141 Å². The average Bonchev–Trinajstić information content (AvgIpc) is 2.56. The minimum absolute atomic E-state index is 0.0856. The Morgan fingerprint density at radius 1 is 1.25 bits per heavy atom. The smallest absolute Gasteiger partial charge is 0.326 e. The van der Waals surface area contributed by atoms with Gasteiger partial charge in [0.05, 0.1) is 17.3 Å². The standard InChI is InChI=1S/C16H23NO6S/c1-3-4-5-14(16(19)20)17-15(18)12-6-8-13(9-7-12)24(21,22)11-10-23-2/h6-9,14H,3-5,10-11H2,1-2H3,(H,17,18)(H,19,20). The number of carboxylic acid groups (broad SMARTS) is 1. The number of unbranched alkanes of at least 4 members (excludes halogenated alkanes) is 1. The van der Waals surface area contributed by atoms with Crippen molar-refractivity contribution in [3.8, 4) is 0 Å². The first kappa shape index (κ1) is 20.1. The molecule has 0 bridgehead atoms. The van der Waals surface area contributed by atoms with Crippen molar-refractivity contribution in [2.45, 2.75) is 37.1 Å². The van der Waals surface area contributed by atoms with Gasteiger partial charge in [0.1, 0.15) is 6.04 Å². The molecule has 1 aromatic carbocycles. The van der Waals surface area contributed by atoms with Crippen molar-refractivity contribution in [3.05, 3.63) is 29.8 Å². The summed E-state index contributed by atoms with van der Waals surface area (Å²) in [6, 6.07) is 4.45. The number of sulfone groups is 1. The van der Waals surface area contributed by atoms with Crippen LogP contribution in [0, 0.1) is 0 Å². The van der Waals surface area contributed by atoms with E-state index in [9.17, 15) is 18.0 Å². The van der Waals surface area contributed by atoms with Gasteiger partial charge in [-0.1, -0.05) is 19.8 Å². The van der Waals surface area contributed by atoms with Crippen LogP contribution >= 0.6 is 0 Å². The molecule has 0 heterocycles. The zero-order chi connectivity index (χ0) is 18.2. The number of aliphatic carboxylic acids is 1. The van der Waals surface area contributed by atoms with Crippen LogP contribution in [0.2, 0.25) is 0 Å². The number of carbonyl (C=O) groups excluding carboxylic acids is 1. The van der Waals surface area contributed by atoms with Gasteiger partial charge >= 0.3 is 5.97 Å². The van der Waals surface area contributed by atoms with Crippen molar-refractivity contribution in [1.82, 2.24) is 5.32 Å². The first-order valence-electron chi connectivity index (χ1n) is 7.67. The van der Waals surface area contributed by atoms with Gasteiger partial charge in [-0.3, -0.25) is 4.79 Å². The Morgan fingerprint density at radius 3 is 2.38 bits per heavy atom.